The number of nitrogens with zero attached hydrogens (tertiary/aromatic N) is 3. The number of anilines is 2. The second-order valence-electron chi connectivity index (χ2n) is 11.0. The van der Waals surface area contributed by atoms with Crippen molar-refractivity contribution in [1.82, 2.24) is 9.97 Å². The van der Waals surface area contributed by atoms with Gasteiger partial charge >= 0.3 is 0 Å². The van der Waals surface area contributed by atoms with Crippen LogP contribution >= 0.6 is 0 Å². The van der Waals surface area contributed by atoms with Gasteiger partial charge in [0, 0.05) is 41.9 Å². The van der Waals surface area contributed by atoms with E-state index in [2.05, 4.69) is 21.9 Å². The fourth-order valence-corrected chi connectivity index (χ4v) is 5.14. The van der Waals surface area contributed by atoms with Gasteiger partial charge in [0.05, 0.1) is 11.7 Å². The predicted octanol–water partition coefficient (Wildman–Crippen LogP) is 7.21. The Morgan fingerprint density at radius 3 is 2.40 bits per heavy atom. The van der Waals surface area contributed by atoms with Crippen LogP contribution in [0.15, 0.2) is 133 Å². The average Bonchev–Trinajstić information content (AvgIpc) is 3.10. The van der Waals surface area contributed by atoms with Crippen molar-refractivity contribution in [3.8, 4) is 17.2 Å². The first kappa shape index (κ1) is 30.9. The average molecular weight is 625 g/mol. The first-order chi connectivity index (χ1) is 22.9. The number of ether oxygens (including phenoxy) is 2. The van der Waals surface area contributed by atoms with E-state index < -0.39 is 11.8 Å². The molecule has 0 fully saturated rings. The fourth-order valence-electron chi connectivity index (χ4n) is 5.14. The maximum Gasteiger partial charge on any atom is 0.263 e. The van der Waals surface area contributed by atoms with Crippen LogP contribution in [-0.4, -0.2) is 34.1 Å². The van der Waals surface area contributed by atoms with Crippen molar-refractivity contribution < 1.29 is 23.9 Å². The molecular weight excluding hydrogens is 592 g/mol. The Kier molecular flexibility index (Phi) is 9.43. The van der Waals surface area contributed by atoms with Crippen LogP contribution in [0.3, 0.4) is 0 Å². The van der Waals surface area contributed by atoms with Crippen molar-refractivity contribution in [2.45, 2.75) is 25.9 Å². The minimum atomic E-state index is -0.697. The zero-order valence-corrected chi connectivity index (χ0v) is 25.6. The SMILES string of the molecule is C=C1/C=C(/C(=O)Nc2ccc(Oc3ccnc4cc(OCc5ccccc5)ccc34)cn2)C(=O)N(c2ccccc2)CCCCC1=O. The number of hydrogen-bond acceptors (Lipinski definition) is 7. The van der Waals surface area contributed by atoms with Crippen molar-refractivity contribution in [3.63, 3.8) is 0 Å². The predicted molar refractivity (Wildman–Crippen MR) is 180 cm³/mol. The van der Waals surface area contributed by atoms with Crippen LogP contribution in [0, 0.1) is 0 Å². The minimum Gasteiger partial charge on any atom is -0.489 e. The standard InChI is InChI=1S/C38H32N4O5/c1-26-22-32(38(45)42(21-9-8-14-34(26)43)28-12-6-3-7-13-28)37(44)41-36-18-16-30(24-40-36)47-35-19-20-39-33-23-29(15-17-31(33)35)46-25-27-10-4-2-5-11-27/h2-7,10-13,15-20,22-24H,1,8-9,14,21,25H2,(H,40,41,44)/b32-22-. The van der Waals surface area contributed by atoms with Crippen LogP contribution in [0.25, 0.3) is 10.9 Å². The van der Waals surface area contributed by atoms with E-state index in [0.29, 0.717) is 60.9 Å². The molecule has 6 rings (SSSR count). The Hall–Kier alpha value is -6.09. The van der Waals surface area contributed by atoms with Crippen LogP contribution in [0.4, 0.5) is 11.5 Å². The van der Waals surface area contributed by atoms with Gasteiger partial charge in [0.15, 0.2) is 5.78 Å². The smallest absolute Gasteiger partial charge is 0.263 e. The number of allylic oxidation sites excluding steroid dienone is 2. The van der Waals surface area contributed by atoms with E-state index in [1.54, 1.807) is 29.3 Å². The third-order valence-corrected chi connectivity index (χ3v) is 7.63. The molecule has 2 amide bonds. The molecule has 0 unspecified atom stereocenters. The van der Waals surface area contributed by atoms with Gasteiger partial charge in [-0.05, 0) is 66.9 Å². The van der Waals surface area contributed by atoms with E-state index in [9.17, 15) is 14.4 Å². The summed E-state index contributed by atoms with van der Waals surface area (Å²) in [6.07, 6.45) is 5.91. The van der Waals surface area contributed by atoms with Gasteiger partial charge in [-0.1, -0.05) is 55.1 Å². The largest absolute Gasteiger partial charge is 0.489 e. The van der Waals surface area contributed by atoms with Crippen LogP contribution in [-0.2, 0) is 21.0 Å². The monoisotopic (exact) mass is 624 g/mol. The molecule has 0 atom stereocenters. The van der Waals surface area contributed by atoms with Crippen molar-refractivity contribution in [2.24, 2.45) is 0 Å². The molecule has 3 heterocycles. The van der Waals surface area contributed by atoms with Crippen molar-refractivity contribution in [3.05, 3.63) is 139 Å². The van der Waals surface area contributed by atoms with Gasteiger partial charge < -0.3 is 19.7 Å². The molecule has 1 aliphatic heterocycles. The summed E-state index contributed by atoms with van der Waals surface area (Å²) in [6, 6.07) is 29.7. The number of pyridine rings is 2. The lowest BCUT2D eigenvalue weighted by atomic mass is 10.0. The lowest BCUT2D eigenvalue weighted by Gasteiger charge is -2.25. The molecule has 9 nitrogen and oxygen atoms in total. The summed E-state index contributed by atoms with van der Waals surface area (Å²) >= 11 is 0. The number of hydrogen-bond donors (Lipinski definition) is 1. The van der Waals surface area contributed by atoms with Crippen LogP contribution < -0.4 is 19.7 Å². The molecule has 47 heavy (non-hydrogen) atoms. The Balaban J connectivity index is 1.16. The second kappa shape index (κ2) is 14.3. The Bertz CT molecular complexity index is 1960. The number of ketones is 1. The van der Waals surface area contributed by atoms with Gasteiger partial charge in [0.2, 0.25) is 0 Å². The summed E-state index contributed by atoms with van der Waals surface area (Å²) in [5.41, 5.74) is 2.34. The van der Waals surface area contributed by atoms with E-state index in [1.807, 2.05) is 78.9 Å². The summed E-state index contributed by atoms with van der Waals surface area (Å²) < 4.78 is 12.1. The molecule has 0 saturated carbocycles. The Morgan fingerprint density at radius 2 is 1.64 bits per heavy atom. The molecular formula is C38H32N4O5. The third-order valence-electron chi connectivity index (χ3n) is 7.63. The van der Waals surface area contributed by atoms with E-state index in [4.69, 9.17) is 9.47 Å². The maximum absolute atomic E-state index is 13.7. The van der Waals surface area contributed by atoms with Crippen LogP contribution in [0.1, 0.15) is 24.8 Å². The Morgan fingerprint density at radius 1 is 0.872 bits per heavy atom. The molecule has 1 aliphatic rings. The molecule has 3 aromatic carbocycles. The summed E-state index contributed by atoms with van der Waals surface area (Å²) in [6.45, 7) is 4.63. The molecule has 9 heteroatoms. The summed E-state index contributed by atoms with van der Waals surface area (Å²) in [7, 11) is 0. The molecule has 0 saturated heterocycles. The number of Topliss-reactive ketones (excluding diaryl/α,β-unsaturated/α-hetero) is 1. The van der Waals surface area contributed by atoms with Crippen molar-refractivity contribution in [2.75, 3.05) is 16.8 Å². The van der Waals surface area contributed by atoms with E-state index in [1.165, 1.54) is 12.3 Å². The highest BCUT2D eigenvalue weighted by atomic mass is 16.5. The van der Waals surface area contributed by atoms with Crippen molar-refractivity contribution >= 4 is 40.0 Å². The second-order valence-corrected chi connectivity index (χ2v) is 11.0. The number of carbonyl (C=O) groups excluding carboxylic acids is 3. The van der Waals surface area contributed by atoms with Gasteiger partial charge in [-0.25, -0.2) is 4.98 Å². The lowest BCUT2D eigenvalue weighted by molar-refractivity contribution is -0.119. The van der Waals surface area contributed by atoms with Crippen LogP contribution in [0.2, 0.25) is 0 Å². The number of rotatable bonds is 8. The molecule has 0 spiro atoms. The summed E-state index contributed by atoms with van der Waals surface area (Å²) in [5, 5.41) is 3.47. The first-order valence-corrected chi connectivity index (χ1v) is 15.3. The van der Waals surface area contributed by atoms with Gasteiger partial charge in [0.25, 0.3) is 11.8 Å². The molecule has 5 aromatic rings. The van der Waals surface area contributed by atoms with Gasteiger partial charge in [0.1, 0.15) is 35.2 Å². The molecule has 1 N–H and O–H groups in total. The number of benzene rings is 3. The minimum absolute atomic E-state index is 0.106. The zero-order valence-electron chi connectivity index (χ0n) is 25.6. The van der Waals surface area contributed by atoms with E-state index in [-0.39, 0.29) is 22.7 Å². The number of nitrogens with one attached hydrogen (secondary N) is 1. The van der Waals surface area contributed by atoms with Gasteiger partial charge in [-0.2, -0.15) is 0 Å². The molecule has 234 valence electrons. The fraction of sp³-hybridized carbons (Fsp3) is 0.132. The topological polar surface area (TPSA) is 111 Å². The highest BCUT2D eigenvalue weighted by molar-refractivity contribution is 6.27. The number of carbonyl (C=O) groups is 3. The van der Waals surface area contributed by atoms with Gasteiger partial charge in [-0.15, -0.1) is 0 Å². The van der Waals surface area contributed by atoms with Gasteiger partial charge in [-0.3, -0.25) is 19.4 Å². The Labute approximate surface area is 272 Å². The van der Waals surface area contributed by atoms with E-state index >= 15 is 0 Å². The normalized spacial score (nSPS) is 15.1. The highest BCUT2D eigenvalue weighted by Gasteiger charge is 2.27. The third kappa shape index (κ3) is 7.59. The molecule has 0 bridgehead atoms. The highest BCUT2D eigenvalue weighted by Crippen LogP contribution is 2.31. The number of aromatic nitrogens is 2. The number of amides is 2. The molecule has 0 aliphatic carbocycles. The zero-order chi connectivity index (χ0) is 32.6. The van der Waals surface area contributed by atoms with Crippen LogP contribution in [0.5, 0.6) is 17.2 Å². The maximum atomic E-state index is 13.7. The quantitative estimate of drug-likeness (QED) is 0.143. The van der Waals surface area contributed by atoms with E-state index in [0.717, 1.165) is 10.9 Å². The first-order valence-electron chi connectivity index (χ1n) is 15.3. The number of fused-ring (bicyclic) bond motifs is 1. The summed E-state index contributed by atoms with van der Waals surface area (Å²) in [5.74, 6) is 0.482. The molecule has 2 aromatic heterocycles. The lowest BCUT2D eigenvalue weighted by Crippen LogP contribution is -2.37. The molecule has 0 radical (unpaired) electrons. The number of para-hydroxylation sites is 1. The summed E-state index contributed by atoms with van der Waals surface area (Å²) in [4.78, 5) is 50.1. The van der Waals surface area contributed by atoms with Crippen molar-refractivity contribution in [1.29, 1.82) is 0 Å².